The summed E-state index contributed by atoms with van der Waals surface area (Å²) in [6.07, 6.45) is 8.60. The van der Waals surface area contributed by atoms with Crippen LogP contribution in [0.4, 0.5) is 0 Å². The smallest absolute Gasteiger partial charge is 0.330 e. The summed E-state index contributed by atoms with van der Waals surface area (Å²) < 4.78 is 5.15. The van der Waals surface area contributed by atoms with E-state index in [4.69, 9.17) is 4.74 Å². The molecule has 3 aliphatic carbocycles. The molecule has 25 heavy (non-hydrogen) atoms. The third-order valence-corrected chi connectivity index (χ3v) is 7.14. The SMILES string of the molecule is CCOC(=O)/C=C1\CCC2C3CCc4cc(O)ccc4C3CCC12C. The van der Waals surface area contributed by atoms with Crippen molar-refractivity contribution >= 4 is 5.97 Å². The van der Waals surface area contributed by atoms with E-state index in [0.717, 1.165) is 19.3 Å². The zero-order valence-corrected chi connectivity index (χ0v) is 15.3. The topological polar surface area (TPSA) is 46.5 Å². The van der Waals surface area contributed by atoms with Gasteiger partial charge in [0.05, 0.1) is 6.61 Å². The molecule has 0 amide bonds. The van der Waals surface area contributed by atoms with Crippen LogP contribution in [0.3, 0.4) is 0 Å². The van der Waals surface area contributed by atoms with E-state index in [1.807, 2.05) is 19.1 Å². The minimum Gasteiger partial charge on any atom is -0.508 e. The van der Waals surface area contributed by atoms with Gasteiger partial charge in [-0.2, -0.15) is 0 Å². The normalized spacial score (nSPS) is 35.0. The molecule has 4 unspecified atom stereocenters. The van der Waals surface area contributed by atoms with Gasteiger partial charge in [-0.15, -0.1) is 0 Å². The lowest BCUT2D eigenvalue weighted by molar-refractivity contribution is -0.137. The lowest BCUT2D eigenvalue weighted by Gasteiger charge is -2.49. The molecule has 1 N–H and O–H groups in total. The number of carbonyl (C=O) groups excluding carboxylic acids is 1. The number of rotatable bonds is 2. The number of allylic oxidation sites excluding steroid dienone is 1. The average molecular weight is 340 g/mol. The monoisotopic (exact) mass is 340 g/mol. The number of benzene rings is 1. The maximum atomic E-state index is 12.0. The van der Waals surface area contributed by atoms with Gasteiger partial charge in [-0.25, -0.2) is 4.79 Å². The number of fused-ring (bicyclic) bond motifs is 5. The summed E-state index contributed by atoms with van der Waals surface area (Å²) in [5.41, 5.74) is 4.26. The van der Waals surface area contributed by atoms with Crippen LogP contribution in [0.1, 0.15) is 63.0 Å². The second-order valence-corrected chi connectivity index (χ2v) is 8.22. The quantitative estimate of drug-likeness (QED) is 0.625. The first-order valence-corrected chi connectivity index (χ1v) is 9.72. The molecular weight excluding hydrogens is 312 g/mol. The highest BCUT2D eigenvalue weighted by Gasteiger charge is 2.52. The lowest BCUT2D eigenvalue weighted by atomic mass is 9.55. The Morgan fingerprint density at radius 1 is 1.32 bits per heavy atom. The molecule has 3 aliphatic rings. The van der Waals surface area contributed by atoms with Crippen LogP contribution < -0.4 is 0 Å². The summed E-state index contributed by atoms with van der Waals surface area (Å²) in [4.78, 5) is 12.0. The van der Waals surface area contributed by atoms with E-state index in [2.05, 4.69) is 13.0 Å². The van der Waals surface area contributed by atoms with Crippen molar-refractivity contribution in [2.24, 2.45) is 17.3 Å². The van der Waals surface area contributed by atoms with Crippen LogP contribution in [0.15, 0.2) is 29.8 Å². The molecule has 134 valence electrons. The van der Waals surface area contributed by atoms with E-state index < -0.39 is 0 Å². The van der Waals surface area contributed by atoms with Gasteiger partial charge in [0.2, 0.25) is 0 Å². The van der Waals surface area contributed by atoms with Gasteiger partial charge in [0.1, 0.15) is 5.75 Å². The number of phenolic OH excluding ortho intramolecular Hbond substituents is 1. The Labute approximate surface area is 150 Å². The molecule has 0 aliphatic heterocycles. The zero-order valence-electron chi connectivity index (χ0n) is 15.3. The summed E-state index contributed by atoms with van der Waals surface area (Å²) in [6, 6.07) is 5.95. The predicted molar refractivity (Wildman–Crippen MR) is 97.4 cm³/mol. The van der Waals surface area contributed by atoms with Crippen molar-refractivity contribution in [3.05, 3.63) is 41.0 Å². The zero-order chi connectivity index (χ0) is 17.6. The van der Waals surface area contributed by atoms with Gasteiger partial charge in [0, 0.05) is 6.08 Å². The first-order valence-electron chi connectivity index (χ1n) is 9.72. The van der Waals surface area contributed by atoms with Crippen LogP contribution in [0.2, 0.25) is 0 Å². The van der Waals surface area contributed by atoms with Crippen LogP contribution in [0, 0.1) is 17.3 Å². The van der Waals surface area contributed by atoms with Crippen molar-refractivity contribution in [2.75, 3.05) is 6.61 Å². The van der Waals surface area contributed by atoms with Crippen LogP contribution in [-0.4, -0.2) is 17.7 Å². The largest absolute Gasteiger partial charge is 0.508 e. The molecule has 1 aromatic carbocycles. The first kappa shape index (κ1) is 16.7. The third kappa shape index (κ3) is 2.68. The molecule has 3 heteroatoms. The van der Waals surface area contributed by atoms with Crippen LogP contribution in [-0.2, 0) is 16.0 Å². The van der Waals surface area contributed by atoms with Crippen molar-refractivity contribution < 1.29 is 14.6 Å². The van der Waals surface area contributed by atoms with Crippen molar-refractivity contribution in [1.29, 1.82) is 0 Å². The minimum atomic E-state index is -0.175. The Morgan fingerprint density at radius 3 is 2.96 bits per heavy atom. The summed E-state index contributed by atoms with van der Waals surface area (Å²) in [5.74, 6) is 2.19. The van der Waals surface area contributed by atoms with E-state index in [1.165, 1.54) is 36.0 Å². The predicted octanol–water partition coefficient (Wildman–Crippen LogP) is 4.74. The van der Waals surface area contributed by atoms with Crippen LogP contribution in [0.5, 0.6) is 5.75 Å². The van der Waals surface area contributed by atoms with Crippen molar-refractivity contribution in [3.63, 3.8) is 0 Å². The Hall–Kier alpha value is -1.77. The first-order chi connectivity index (χ1) is 12.0. The van der Waals surface area contributed by atoms with Crippen molar-refractivity contribution in [1.82, 2.24) is 0 Å². The lowest BCUT2D eigenvalue weighted by Crippen LogP contribution is -2.40. The van der Waals surface area contributed by atoms with Crippen LogP contribution in [0.25, 0.3) is 0 Å². The second kappa shape index (κ2) is 6.19. The fourth-order valence-corrected chi connectivity index (χ4v) is 5.98. The van der Waals surface area contributed by atoms with Gasteiger partial charge < -0.3 is 9.84 Å². The molecule has 2 saturated carbocycles. The fourth-order valence-electron chi connectivity index (χ4n) is 5.98. The van der Waals surface area contributed by atoms with E-state index in [1.54, 1.807) is 6.08 Å². The molecule has 0 aromatic heterocycles. The van der Waals surface area contributed by atoms with Gasteiger partial charge in [-0.05, 0) is 91.9 Å². The van der Waals surface area contributed by atoms with Crippen molar-refractivity contribution in [3.8, 4) is 5.75 Å². The number of ether oxygens (including phenoxy) is 1. The Kier molecular flexibility index (Phi) is 4.13. The molecule has 1 aromatic rings. The number of esters is 1. The fraction of sp³-hybridized carbons (Fsp3) is 0.591. The Morgan fingerprint density at radius 2 is 2.16 bits per heavy atom. The minimum absolute atomic E-state index is 0.155. The number of carbonyl (C=O) groups is 1. The molecule has 3 nitrogen and oxygen atoms in total. The molecule has 0 saturated heterocycles. The van der Waals surface area contributed by atoms with E-state index in [-0.39, 0.29) is 11.4 Å². The highest BCUT2D eigenvalue weighted by atomic mass is 16.5. The molecule has 4 rings (SSSR count). The number of hydrogen-bond donors (Lipinski definition) is 1. The number of aromatic hydroxyl groups is 1. The van der Waals surface area contributed by atoms with E-state index >= 15 is 0 Å². The number of aryl methyl sites for hydroxylation is 1. The highest BCUT2D eigenvalue weighted by Crippen LogP contribution is 2.62. The molecule has 0 heterocycles. The summed E-state index contributed by atoms with van der Waals surface area (Å²) >= 11 is 0. The van der Waals surface area contributed by atoms with Crippen molar-refractivity contribution in [2.45, 2.75) is 58.3 Å². The Balaban J connectivity index is 1.62. The molecular formula is C22H28O3. The van der Waals surface area contributed by atoms with Gasteiger partial charge >= 0.3 is 5.97 Å². The number of phenols is 1. The Bertz CT molecular complexity index is 720. The van der Waals surface area contributed by atoms with Gasteiger partial charge in [0.15, 0.2) is 0 Å². The third-order valence-electron chi connectivity index (χ3n) is 7.14. The van der Waals surface area contributed by atoms with Gasteiger partial charge in [0.25, 0.3) is 0 Å². The maximum absolute atomic E-state index is 12.0. The average Bonchev–Trinajstić information content (AvgIpc) is 2.91. The molecule has 2 fully saturated rings. The molecule has 0 bridgehead atoms. The van der Waals surface area contributed by atoms with Gasteiger partial charge in [-0.3, -0.25) is 0 Å². The summed E-state index contributed by atoms with van der Waals surface area (Å²) in [7, 11) is 0. The second-order valence-electron chi connectivity index (χ2n) is 8.22. The van der Waals surface area contributed by atoms with E-state index in [9.17, 15) is 9.90 Å². The van der Waals surface area contributed by atoms with E-state index in [0.29, 0.717) is 30.1 Å². The van der Waals surface area contributed by atoms with Crippen LogP contribution >= 0.6 is 0 Å². The number of hydrogen-bond acceptors (Lipinski definition) is 3. The molecule has 0 radical (unpaired) electrons. The molecule has 0 spiro atoms. The summed E-state index contributed by atoms with van der Waals surface area (Å²) in [5, 5.41) is 9.79. The standard InChI is InChI=1S/C22H28O3/c1-3-25-21(24)13-15-5-9-20-19-7-4-14-12-16(23)6-8-17(14)18(19)10-11-22(15,20)2/h6,8,12-13,18-20,23H,3-5,7,9-11H2,1-2H3/b15-13+. The van der Waals surface area contributed by atoms with Gasteiger partial charge in [-0.1, -0.05) is 18.6 Å². The highest BCUT2D eigenvalue weighted by molar-refractivity contribution is 5.83. The maximum Gasteiger partial charge on any atom is 0.330 e. The molecule has 4 atom stereocenters. The summed E-state index contributed by atoms with van der Waals surface area (Å²) in [6.45, 7) is 4.67.